The molecule has 0 aromatic heterocycles. The molecule has 0 saturated carbocycles. The topological polar surface area (TPSA) is 63.2 Å². The van der Waals surface area contributed by atoms with Crippen LogP contribution in [0.3, 0.4) is 0 Å². The lowest BCUT2D eigenvalue weighted by molar-refractivity contribution is 0.0935. The molecule has 1 atom stereocenters. The summed E-state index contributed by atoms with van der Waals surface area (Å²) in [6.45, 7) is 3.75. The molecule has 0 heterocycles. The number of aryl methyl sites for hydroxylation is 1. The number of amides is 1. The molecule has 5 heteroatoms. The van der Waals surface area contributed by atoms with Crippen LogP contribution in [0.25, 0.3) is 0 Å². The van der Waals surface area contributed by atoms with Crippen LogP contribution in [0.4, 0.5) is 0 Å². The van der Waals surface area contributed by atoms with Gasteiger partial charge in [-0.25, -0.2) is 8.42 Å². The maximum absolute atomic E-state index is 12.6. The van der Waals surface area contributed by atoms with E-state index < -0.39 is 9.84 Å². The molecule has 25 heavy (non-hydrogen) atoms. The number of carbonyl (C=O) groups excluding carboxylic acids is 1. The number of rotatable bonds is 8. The number of sulfone groups is 1. The Morgan fingerprint density at radius 2 is 1.68 bits per heavy atom. The normalized spacial score (nSPS) is 12.6. The van der Waals surface area contributed by atoms with Crippen molar-refractivity contribution in [1.82, 2.24) is 5.32 Å². The Morgan fingerprint density at radius 3 is 2.36 bits per heavy atom. The number of nitrogens with one attached hydrogen (secondary N) is 1. The van der Waals surface area contributed by atoms with Crippen LogP contribution in [0, 0.1) is 0 Å². The Labute approximate surface area is 150 Å². The molecule has 0 fully saturated rings. The van der Waals surface area contributed by atoms with Crippen LogP contribution in [0.5, 0.6) is 0 Å². The molecule has 2 rings (SSSR count). The van der Waals surface area contributed by atoms with Gasteiger partial charge in [-0.3, -0.25) is 4.79 Å². The highest BCUT2D eigenvalue weighted by Crippen LogP contribution is 2.18. The Hall–Kier alpha value is -2.14. The molecular formula is C20H25NO3S. The van der Waals surface area contributed by atoms with E-state index in [1.54, 1.807) is 18.2 Å². The van der Waals surface area contributed by atoms with Crippen molar-refractivity contribution >= 4 is 15.7 Å². The molecular weight excluding hydrogens is 334 g/mol. The molecule has 0 bridgehead atoms. The van der Waals surface area contributed by atoms with Gasteiger partial charge >= 0.3 is 0 Å². The van der Waals surface area contributed by atoms with Gasteiger partial charge in [0.15, 0.2) is 9.84 Å². The second-order valence-corrected chi connectivity index (χ2v) is 8.29. The summed E-state index contributed by atoms with van der Waals surface area (Å²) in [5, 5.41) is 2.92. The lowest BCUT2D eigenvalue weighted by atomic mass is 10.1. The maximum atomic E-state index is 12.6. The van der Waals surface area contributed by atoms with Gasteiger partial charge in [0, 0.05) is 6.04 Å². The molecule has 2 aromatic rings. The van der Waals surface area contributed by atoms with E-state index in [9.17, 15) is 13.2 Å². The van der Waals surface area contributed by atoms with Gasteiger partial charge in [-0.15, -0.1) is 0 Å². The van der Waals surface area contributed by atoms with E-state index in [2.05, 4.69) is 17.4 Å². The third-order valence-corrected chi connectivity index (χ3v) is 6.00. The fourth-order valence-electron chi connectivity index (χ4n) is 2.71. The molecule has 1 unspecified atom stereocenters. The molecule has 0 aliphatic heterocycles. The zero-order valence-corrected chi connectivity index (χ0v) is 15.6. The Morgan fingerprint density at radius 1 is 1.04 bits per heavy atom. The van der Waals surface area contributed by atoms with Gasteiger partial charge in [0.2, 0.25) is 0 Å². The number of hydrogen-bond acceptors (Lipinski definition) is 3. The number of hydrogen-bond donors (Lipinski definition) is 1. The van der Waals surface area contributed by atoms with Gasteiger partial charge < -0.3 is 5.32 Å². The SMILES string of the molecule is CCCS(=O)(=O)c1ccccc1C(=O)NC(C)CCc1ccccc1. The molecule has 2 aromatic carbocycles. The van der Waals surface area contributed by atoms with Crippen molar-refractivity contribution < 1.29 is 13.2 Å². The van der Waals surface area contributed by atoms with Gasteiger partial charge in [0.25, 0.3) is 5.91 Å². The molecule has 0 saturated heterocycles. The summed E-state index contributed by atoms with van der Waals surface area (Å²) in [5.74, 6) is -0.295. The van der Waals surface area contributed by atoms with Crippen molar-refractivity contribution in [3.8, 4) is 0 Å². The number of carbonyl (C=O) groups is 1. The molecule has 1 amide bonds. The zero-order valence-electron chi connectivity index (χ0n) is 14.7. The minimum absolute atomic E-state index is 0.0425. The van der Waals surface area contributed by atoms with E-state index in [0.29, 0.717) is 6.42 Å². The minimum Gasteiger partial charge on any atom is -0.350 e. The van der Waals surface area contributed by atoms with Gasteiger partial charge in [0.05, 0.1) is 16.2 Å². The van der Waals surface area contributed by atoms with Crippen LogP contribution in [0.2, 0.25) is 0 Å². The average molecular weight is 359 g/mol. The van der Waals surface area contributed by atoms with Gasteiger partial charge in [-0.05, 0) is 43.9 Å². The lowest BCUT2D eigenvalue weighted by Gasteiger charge is -2.16. The second-order valence-electron chi connectivity index (χ2n) is 6.21. The van der Waals surface area contributed by atoms with Crippen molar-refractivity contribution in [2.75, 3.05) is 5.75 Å². The molecule has 0 radical (unpaired) electrons. The largest absolute Gasteiger partial charge is 0.350 e. The molecule has 134 valence electrons. The fraction of sp³-hybridized carbons (Fsp3) is 0.350. The van der Waals surface area contributed by atoms with E-state index in [-0.39, 0.29) is 28.2 Å². The van der Waals surface area contributed by atoms with Crippen LogP contribution in [0.15, 0.2) is 59.5 Å². The molecule has 0 aliphatic carbocycles. The van der Waals surface area contributed by atoms with Crippen molar-refractivity contribution in [3.05, 3.63) is 65.7 Å². The first-order valence-electron chi connectivity index (χ1n) is 8.60. The first kappa shape index (κ1) is 19.2. The van der Waals surface area contributed by atoms with Crippen LogP contribution < -0.4 is 5.32 Å². The highest BCUT2D eigenvalue weighted by Gasteiger charge is 2.22. The molecule has 1 N–H and O–H groups in total. The summed E-state index contributed by atoms with van der Waals surface area (Å²) < 4.78 is 24.7. The summed E-state index contributed by atoms with van der Waals surface area (Å²) in [5.41, 5.74) is 1.44. The third-order valence-electron chi connectivity index (χ3n) is 4.03. The Bertz CT molecular complexity index is 801. The monoisotopic (exact) mass is 359 g/mol. The van der Waals surface area contributed by atoms with Crippen molar-refractivity contribution in [2.45, 2.75) is 44.0 Å². The second kappa shape index (κ2) is 8.81. The molecule has 0 aliphatic rings. The van der Waals surface area contributed by atoms with Gasteiger partial charge in [-0.2, -0.15) is 0 Å². The summed E-state index contributed by atoms with van der Waals surface area (Å²) in [6, 6.07) is 16.4. The van der Waals surface area contributed by atoms with Crippen molar-refractivity contribution in [3.63, 3.8) is 0 Å². The summed E-state index contributed by atoms with van der Waals surface area (Å²) >= 11 is 0. The van der Waals surface area contributed by atoms with Crippen molar-refractivity contribution in [2.24, 2.45) is 0 Å². The highest BCUT2D eigenvalue weighted by molar-refractivity contribution is 7.91. The quantitative estimate of drug-likeness (QED) is 0.783. The minimum atomic E-state index is -3.44. The first-order valence-corrected chi connectivity index (χ1v) is 10.3. The van der Waals surface area contributed by atoms with Gasteiger partial charge in [0.1, 0.15) is 0 Å². The lowest BCUT2D eigenvalue weighted by Crippen LogP contribution is -2.33. The van der Waals surface area contributed by atoms with Crippen LogP contribution in [-0.4, -0.2) is 26.1 Å². The summed E-state index contributed by atoms with van der Waals surface area (Å²) in [7, 11) is -3.44. The summed E-state index contributed by atoms with van der Waals surface area (Å²) in [4.78, 5) is 12.7. The van der Waals surface area contributed by atoms with Crippen LogP contribution in [0.1, 0.15) is 42.6 Å². The molecule has 4 nitrogen and oxygen atoms in total. The van der Waals surface area contributed by atoms with Gasteiger partial charge in [-0.1, -0.05) is 49.4 Å². The standard InChI is InChI=1S/C20H25NO3S/c1-3-15-25(23,24)19-12-8-7-11-18(19)20(22)21-16(2)13-14-17-9-5-4-6-10-17/h4-12,16H,3,13-15H2,1-2H3,(H,21,22). The zero-order chi connectivity index (χ0) is 18.3. The predicted octanol–water partition coefficient (Wildman–Crippen LogP) is 3.62. The summed E-state index contributed by atoms with van der Waals surface area (Å²) in [6.07, 6.45) is 2.17. The van der Waals surface area contributed by atoms with Crippen molar-refractivity contribution in [1.29, 1.82) is 0 Å². The van der Waals surface area contributed by atoms with E-state index in [4.69, 9.17) is 0 Å². The predicted molar refractivity (Wildman–Crippen MR) is 100 cm³/mol. The Kier molecular flexibility index (Phi) is 6.76. The third kappa shape index (κ3) is 5.43. The van der Waals surface area contributed by atoms with Crippen LogP contribution in [-0.2, 0) is 16.3 Å². The smallest absolute Gasteiger partial charge is 0.252 e. The van der Waals surface area contributed by atoms with E-state index in [1.807, 2.05) is 32.0 Å². The fourth-order valence-corrected chi connectivity index (χ4v) is 4.24. The first-order chi connectivity index (χ1) is 11.9. The van der Waals surface area contributed by atoms with Crippen LogP contribution >= 0.6 is 0 Å². The van der Waals surface area contributed by atoms with E-state index in [1.165, 1.54) is 11.6 Å². The Balaban J connectivity index is 2.06. The average Bonchev–Trinajstić information content (AvgIpc) is 2.61. The number of benzene rings is 2. The van der Waals surface area contributed by atoms with E-state index >= 15 is 0 Å². The maximum Gasteiger partial charge on any atom is 0.252 e. The van der Waals surface area contributed by atoms with E-state index in [0.717, 1.165) is 12.8 Å². The molecule has 0 spiro atoms. The highest BCUT2D eigenvalue weighted by atomic mass is 32.2.